The fourth-order valence-corrected chi connectivity index (χ4v) is 4.14. The highest BCUT2D eigenvalue weighted by Crippen LogP contribution is 2.30. The van der Waals surface area contributed by atoms with Crippen molar-refractivity contribution in [1.82, 2.24) is 19.7 Å². The molecule has 1 aromatic carbocycles. The number of hydrogen-bond donors (Lipinski definition) is 0. The van der Waals surface area contributed by atoms with Gasteiger partial charge in [0.25, 0.3) is 5.91 Å². The first kappa shape index (κ1) is 20.2. The number of para-hydroxylation sites is 2. The summed E-state index contributed by atoms with van der Waals surface area (Å²) >= 11 is 0. The molecule has 0 N–H and O–H groups in total. The van der Waals surface area contributed by atoms with E-state index in [1.54, 1.807) is 11.8 Å². The van der Waals surface area contributed by atoms with Gasteiger partial charge in [0.15, 0.2) is 5.65 Å². The van der Waals surface area contributed by atoms with Crippen molar-refractivity contribution in [3.8, 4) is 5.75 Å². The maximum atomic E-state index is 13.5. The van der Waals surface area contributed by atoms with Crippen molar-refractivity contribution < 1.29 is 9.53 Å². The summed E-state index contributed by atoms with van der Waals surface area (Å²) in [5, 5.41) is 5.37. The van der Waals surface area contributed by atoms with Gasteiger partial charge in [0.2, 0.25) is 0 Å². The van der Waals surface area contributed by atoms with Crippen molar-refractivity contribution in [2.24, 2.45) is 7.05 Å². The highest BCUT2D eigenvalue weighted by molar-refractivity contribution is 6.06. The number of benzene rings is 1. The fraction of sp³-hybridized carbons (Fsp3) is 0.435. The summed E-state index contributed by atoms with van der Waals surface area (Å²) in [5.74, 6) is 1.15. The lowest BCUT2D eigenvalue weighted by molar-refractivity contribution is 0.0748. The number of hydrogen-bond acceptors (Lipinski definition) is 5. The molecule has 0 atom stereocenters. The van der Waals surface area contributed by atoms with Gasteiger partial charge in [-0.1, -0.05) is 26.0 Å². The number of fused-ring (bicyclic) bond motifs is 1. The largest absolute Gasteiger partial charge is 0.495 e. The molecule has 0 radical (unpaired) electrons. The molecule has 1 aliphatic heterocycles. The lowest BCUT2D eigenvalue weighted by Crippen LogP contribution is -2.49. The molecule has 0 bridgehead atoms. The predicted octanol–water partition coefficient (Wildman–Crippen LogP) is 3.37. The molecular formula is C23H29N5O2. The van der Waals surface area contributed by atoms with E-state index in [0.29, 0.717) is 18.7 Å². The average Bonchev–Trinajstić information content (AvgIpc) is 3.06. The van der Waals surface area contributed by atoms with Crippen LogP contribution < -0.4 is 9.64 Å². The Labute approximate surface area is 177 Å². The van der Waals surface area contributed by atoms with Gasteiger partial charge in [0.05, 0.1) is 29.4 Å². The minimum atomic E-state index is 0.0556. The summed E-state index contributed by atoms with van der Waals surface area (Å²) in [5.41, 5.74) is 4.31. The van der Waals surface area contributed by atoms with Crippen LogP contribution in [0.2, 0.25) is 0 Å². The molecule has 30 heavy (non-hydrogen) atoms. The van der Waals surface area contributed by atoms with Crippen molar-refractivity contribution in [3.05, 3.63) is 47.3 Å². The second-order valence-electron chi connectivity index (χ2n) is 8.11. The SMILES string of the molecule is COc1ccccc1N1CCN(C(=O)c2cc(C(C)C)nc3c2c(C)nn3C)CC1. The number of piperazine rings is 1. The molecule has 7 heteroatoms. The van der Waals surface area contributed by atoms with Gasteiger partial charge >= 0.3 is 0 Å². The summed E-state index contributed by atoms with van der Waals surface area (Å²) in [4.78, 5) is 22.5. The van der Waals surface area contributed by atoms with E-state index in [1.807, 2.05) is 43.1 Å². The van der Waals surface area contributed by atoms with Gasteiger partial charge in [-0.2, -0.15) is 5.10 Å². The smallest absolute Gasteiger partial charge is 0.254 e. The summed E-state index contributed by atoms with van der Waals surface area (Å²) in [7, 11) is 3.57. The zero-order chi connectivity index (χ0) is 21.4. The van der Waals surface area contributed by atoms with Gasteiger partial charge < -0.3 is 14.5 Å². The van der Waals surface area contributed by atoms with E-state index in [-0.39, 0.29) is 11.8 Å². The molecule has 0 aliphatic carbocycles. The second-order valence-corrected chi connectivity index (χ2v) is 8.11. The maximum Gasteiger partial charge on any atom is 0.254 e. The van der Waals surface area contributed by atoms with Gasteiger partial charge in [0.1, 0.15) is 5.75 Å². The number of amides is 1. The Kier molecular flexibility index (Phi) is 5.37. The fourth-order valence-electron chi connectivity index (χ4n) is 4.14. The number of aryl methyl sites for hydroxylation is 2. The van der Waals surface area contributed by atoms with Crippen molar-refractivity contribution in [2.75, 3.05) is 38.2 Å². The Hall–Kier alpha value is -3.09. The quantitative estimate of drug-likeness (QED) is 0.664. The molecule has 2 aromatic heterocycles. The van der Waals surface area contributed by atoms with Crippen molar-refractivity contribution in [3.63, 3.8) is 0 Å². The molecule has 3 heterocycles. The first-order valence-corrected chi connectivity index (χ1v) is 10.4. The molecule has 1 aliphatic rings. The Balaban J connectivity index is 1.61. The van der Waals surface area contributed by atoms with E-state index in [1.165, 1.54) is 0 Å². The molecule has 1 saturated heterocycles. The number of carbonyl (C=O) groups is 1. The third-order valence-electron chi connectivity index (χ3n) is 5.80. The van der Waals surface area contributed by atoms with Gasteiger partial charge in [-0.05, 0) is 31.0 Å². The first-order valence-electron chi connectivity index (χ1n) is 10.4. The van der Waals surface area contributed by atoms with Crippen molar-refractivity contribution in [2.45, 2.75) is 26.7 Å². The molecule has 1 fully saturated rings. The van der Waals surface area contributed by atoms with Gasteiger partial charge in [-0.15, -0.1) is 0 Å². The molecule has 3 aromatic rings. The number of ether oxygens (including phenoxy) is 1. The lowest BCUT2D eigenvalue weighted by Gasteiger charge is -2.36. The van der Waals surface area contributed by atoms with Crippen LogP contribution in [0.1, 0.15) is 41.5 Å². The van der Waals surface area contributed by atoms with E-state index in [4.69, 9.17) is 9.72 Å². The standard InChI is InChI=1S/C23H29N5O2/c1-15(2)18-14-17(21-16(3)25-26(4)22(21)24-18)23(29)28-12-10-27(11-13-28)19-8-6-7-9-20(19)30-5/h6-9,14-15H,10-13H2,1-5H3. The van der Waals surface area contributed by atoms with Crippen LogP contribution in [0.25, 0.3) is 11.0 Å². The molecule has 0 saturated carbocycles. The van der Waals surface area contributed by atoms with Crippen LogP contribution in [-0.2, 0) is 7.05 Å². The molecule has 0 unspecified atom stereocenters. The van der Waals surface area contributed by atoms with Crippen LogP contribution in [0.15, 0.2) is 30.3 Å². The number of nitrogens with zero attached hydrogens (tertiary/aromatic N) is 5. The summed E-state index contributed by atoms with van der Waals surface area (Å²) in [6, 6.07) is 9.98. The molecule has 4 rings (SSSR count). The number of carbonyl (C=O) groups excluding carboxylic acids is 1. The van der Waals surface area contributed by atoms with Crippen LogP contribution in [0.3, 0.4) is 0 Å². The number of pyridine rings is 1. The third-order valence-corrected chi connectivity index (χ3v) is 5.80. The van der Waals surface area contributed by atoms with Crippen molar-refractivity contribution in [1.29, 1.82) is 0 Å². The normalized spacial score (nSPS) is 14.6. The zero-order valence-electron chi connectivity index (χ0n) is 18.3. The van der Waals surface area contributed by atoms with E-state index >= 15 is 0 Å². The van der Waals surface area contributed by atoms with Gasteiger partial charge in [-0.25, -0.2) is 4.98 Å². The summed E-state index contributed by atoms with van der Waals surface area (Å²) in [6.45, 7) is 8.99. The molecule has 1 amide bonds. The van der Waals surface area contributed by atoms with Crippen molar-refractivity contribution >= 4 is 22.6 Å². The Morgan fingerprint density at radius 3 is 2.50 bits per heavy atom. The van der Waals surface area contributed by atoms with Crippen LogP contribution in [0, 0.1) is 6.92 Å². The minimum absolute atomic E-state index is 0.0556. The third kappa shape index (κ3) is 3.49. The topological polar surface area (TPSA) is 63.5 Å². The number of anilines is 1. The summed E-state index contributed by atoms with van der Waals surface area (Å²) < 4.78 is 7.27. The van der Waals surface area contributed by atoms with E-state index < -0.39 is 0 Å². The molecule has 158 valence electrons. The van der Waals surface area contributed by atoms with E-state index in [2.05, 4.69) is 29.9 Å². The highest BCUT2D eigenvalue weighted by atomic mass is 16.5. The molecular weight excluding hydrogens is 378 g/mol. The zero-order valence-corrected chi connectivity index (χ0v) is 18.3. The monoisotopic (exact) mass is 407 g/mol. The van der Waals surface area contributed by atoms with Gasteiger partial charge in [-0.3, -0.25) is 9.48 Å². The molecule has 7 nitrogen and oxygen atoms in total. The van der Waals surface area contributed by atoms with Crippen LogP contribution in [0.5, 0.6) is 5.75 Å². The Morgan fingerprint density at radius 1 is 1.13 bits per heavy atom. The number of aromatic nitrogens is 3. The Morgan fingerprint density at radius 2 is 1.83 bits per heavy atom. The number of rotatable bonds is 4. The summed E-state index contributed by atoms with van der Waals surface area (Å²) in [6.07, 6.45) is 0. The number of methoxy groups -OCH3 is 1. The molecule has 0 spiro atoms. The second kappa shape index (κ2) is 7.97. The minimum Gasteiger partial charge on any atom is -0.495 e. The van der Waals surface area contributed by atoms with Gasteiger partial charge in [0, 0.05) is 38.9 Å². The maximum absolute atomic E-state index is 13.5. The Bertz CT molecular complexity index is 1080. The van der Waals surface area contributed by atoms with Crippen LogP contribution in [-0.4, -0.2) is 58.9 Å². The van der Waals surface area contributed by atoms with Crippen LogP contribution in [0.4, 0.5) is 5.69 Å². The average molecular weight is 408 g/mol. The van der Waals surface area contributed by atoms with E-state index in [9.17, 15) is 4.79 Å². The lowest BCUT2D eigenvalue weighted by atomic mass is 10.0. The first-order chi connectivity index (χ1) is 14.4. The predicted molar refractivity (Wildman–Crippen MR) is 118 cm³/mol. The highest BCUT2D eigenvalue weighted by Gasteiger charge is 2.27. The van der Waals surface area contributed by atoms with E-state index in [0.717, 1.165) is 46.9 Å². The van der Waals surface area contributed by atoms with Crippen LogP contribution >= 0.6 is 0 Å².